The molecule has 1 unspecified atom stereocenters. The Kier molecular flexibility index (Phi) is 7.26. The van der Waals surface area contributed by atoms with Crippen molar-refractivity contribution in [3.05, 3.63) is 50.9 Å². The minimum absolute atomic E-state index is 0.0792. The number of aryl methyl sites for hydroxylation is 1. The molecule has 1 aromatic heterocycles. The predicted octanol–water partition coefficient (Wildman–Crippen LogP) is 3.37. The van der Waals surface area contributed by atoms with E-state index < -0.39 is 17.3 Å². The summed E-state index contributed by atoms with van der Waals surface area (Å²) in [4.78, 5) is 52.7. The summed E-state index contributed by atoms with van der Waals surface area (Å²) in [6.07, 6.45) is 0.0481. The fourth-order valence-electron chi connectivity index (χ4n) is 3.11. The molecule has 1 aliphatic rings. The molecule has 7 nitrogen and oxygen atoms in total. The summed E-state index contributed by atoms with van der Waals surface area (Å²) in [6, 6.07) is 5.06. The maximum atomic E-state index is 13.1. The van der Waals surface area contributed by atoms with E-state index >= 15 is 0 Å². The SMILES string of the molecule is CC(=O)C1(c2cc(Cl)ccc2C)CC(=O)N(Cc2cscn2)C1=O.CCC(=O)O. The molecular formula is C20H21ClN2O5S. The van der Waals surface area contributed by atoms with Crippen molar-refractivity contribution >= 4 is 46.5 Å². The summed E-state index contributed by atoms with van der Waals surface area (Å²) in [5, 5.41) is 9.92. The van der Waals surface area contributed by atoms with Gasteiger partial charge in [-0.1, -0.05) is 24.6 Å². The van der Waals surface area contributed by atoms with Gasteiger partial charge in [-0.15, -0.1) is 11.3 Å². The molecule has 2 heterocycles. The molecule has 1 saturated heterocycles. The number of carboxylic acids is 1. The van der Waals surface area contributed by atoms with Crippen LogP contribution in [0, 0.1) is 6.92 Å². The molecule has 2 aromatic rings. The fourth-order valence-corrected chi connectivity index (χ4v) is 3.83. The highest BCUT2D eigenvalue weighted by Crippen LogP contribution is 2.40. The molecule has 29 heavy (non-hydrogen) atoms. The topological polar surface area (TPSA) is 105 Å². The Labute approximate surface area is 177 Å². The summed E-state index contributed by atoms with van der Waals surface area (Å²) >= 11 is 7.46. The number of halogens is 1. The quantitative estimate of drug-likeness (QED) is 0.569. The number of likely N-dealkylation sites (tertiary alicyclic amines) is 1. The Balaban J connectivity index is 0.000000537. The molecule has 1 aliphatic heterocycles. The highest BCUT2D eigenvalue weighted by atomic mass is 35.5. The van der Waals surface area contributed by atoms with Crippen LogP contribution in [0.25, 0.3) is 0 Å². The van der Waals surface area contributed by atoms with Gasteiger partial charge in [0.25, 0.3) is 0 Å². The van der Waals surface area contributed by atoms with Crippen LogP contribution < -0.4 is 0 Å². The number of thiazole rings is 1. The van der Waals surface area contributed by atoms with E-state index in [1.54, 1.807) is 42.9 Å². The molecule has 1 N–H and O–H groups in total. The molecule has 1 aromatic carbocycles. The smallest absolute Gasteiger partial charge is 0.303 e. The summed E-state index contributed by atoms with van der Waals surface area (Å²) < 4.78 is 0. The van der Waals surface area contributed by atoms with Gasteiger partial charge in [-0.2, -0.15) is 0 Å². The van der Waals surface area contributed by atoms with E-state index in [1.807, 2.05) is 0 Å². The van der Waals surface area contributed by atoms with Crippen LogP contribution in [0.4, 0.5) is 0 Å². The van der Waals surface area contributed by atoms with Crippen molar-refractivity contribution in [1.82, 2.24) is 9.88 Å². The zero-order valence-corrected chi connectivity index (χ0v) is 17.8. The second kappa shape index (κ2) is 9.28. The van der Waals surface area contributed by atoms with E-state index in [2.05, 4.69) is 4.98 Å². The Hall–Kier alpha value is -2.58. The molecule has 154 valence electrons. The molecule has 2 amide bonds. The Morgan fingerprint density at radius 1 is 1.34 bits per heavy atom. The van der Waals surface area contributed by atoms with Crippen LogP contribution in [0.2, 0.25) is 5.02 Å². The van der Waals surface area contributed by atoms with Crippen molar-refractivity contribution in [2.75, 3.05) is 0 Å². The highest BCUT2D eigenvalue weighted by Gasteiger charge is 2.56. The molecule has 0 radical (unpaired) electrons. The van der Waals surface area contributed by atoms with Gasteiger partial charge in [0.2, 0.25) is 11.8 Å². The van der Waals surface area contributed by atoms with Gasteiger partial charge in [0.05, 0.1) is 24.2 Å². The fraction of sp³-hybridized carbons (Fsp3) is 0.350. The molecule has 3 rings (SSSR count). The van der Waals surface area contributed by atoms with E-state index in [9.17, 15) is 19.2 Å². The normalized spacial score (nSPS) is 18.4. The highest BCUT2D eigenvalue weighted by molar-refractivity contribution is 7.07. The predicted molar refractivity (Wildman–Crippen MR) is 109 cm³/mol. The van der Waals surface area contributed by atoms with Crippen LogP contribution in [0.3, 0.4) is 0 Å². The van der Waals surface area contributed by atoms with Crippen molar-refractivity contribution in [1.29, 1.82) is 0 Å². The van der Waals surface area contributed by atoms with Crippen molar-refractivity contribution in [2.24, 2.45) is 0 Å². The zero-order chi connectivity index (χ0) is 21.8. The summed E-state index contributed by atoms with van der Waals surface area (Å²) in [7, 11) is 0. The zero-order valence-electron chi connectivity index (χ0n) is 16.3. The number of benzene rings is 1. The Bertz CT molecular complexity index is 944. The first kappa shape index (κ1) is 22.7. The first-order valence-electron chi connectivity index (χ1n) is 8.84. The molecule has 0 aliphatic carbocycles. The molecule has 0 spiro atoms. The minimum Gasteiger partial charge on any atom is -0.481 e. The molecule has 1 fully saturated rings. The maximum absolute atomic E-state index is 13.1. The summed E-state index contributed by atoms with van der Waals surface area (Å²) in [6.45, 7) is 4.83. The first-order chi connectivity index (χ1) is 13.6. The monoisotopic (exact) mass is 436 g/mol. The molecule has 0 bridgehead atoms. The minimum atomic E-state index is -1.50. The number of carboxylic acid groups (broad SMARTS) is 1. The van der Waals surface area contributed by atoms with E-state index in [0.717, 1.165) is 10.5 Å². The number of Topliss-reactive ketones (excluding diaryl/α,β-unsaturated/α-hetero) is 1. The lowest BCUT2D eigenvalue weighted by atomic mass is 9.74. The van der Waals surface area contributed by atoms with Crippen LogP contribution in [0.1, 0.15) is 43.5 Å². The largest absolute Gasteiger partial charge is 0.481 e. The van der Waals surface area contributed by atoms with Gasteiger partial charge in [-0.05, 0) is 37.1 Å². The van der Waals surface area contributed by atoms with Gasteiger partial charge < -0.3 is 5.11 Å². The number of rotatable bonds is 5. The van der Waals surface area contributed by atoms with E-state index in [4.69, 9.17) is 16.7 Å². The standard InChI is InChI=1S/C17H15ClN2O3S.C3H6O2/c1-10-3-4-12(18)5-14(10)17(11(2)21)6-15(22)20(16(17)23)7-13-8-24-9-19-13;1-2-3(4)5/h3-5,8-9H,6-7H2,1-2H3;2H2,1H3,(H,4,5). The van der Waals surface area contributed by atoms with Crippen molar-refractivity contribution in [3.63, 3.8) is 0 Å². The molecular weight excluding hydrogens is 416 g/mol. The summed E-state index contributed by atoms with van der Waals surface area (Å²) in [5.74, 6) is -1.97. The number of carbonyl (C=O) groups excluding carboxylic acids is 3. The van der Waals surface area contributed by atoms with Crippen molar-refractivity contribution < 1.29 is 24.3 Å². The number of hydrogen-bond donors (Lipinski definition) is 1. The van der Waals surface area contributed by atoms with Crippen molar-refractivity contribution in [3.8, 4) is 0 Å². The number of aromatic nitrogens is 1. The van der Waals surface area contributed by atoms with Crippen LogP contribution in [-0.2, 0) is 31.1 Å². The number of imide groups is 1. The van der Waals surface area contributed by atoms with Crippen LogP contribution in [0.15, 0.2) is 29.1 Å². The van der Waals surface area contributed by atoms with Gasteiger partial charge in [-0.3, -0.25) is 24.1 Å². The van der Waals surface area contributed by atoms with Gasteiger partial charge >= 0.3 is 5.97 Å². The number of aliphatic carboxylic acids is 1. The third kappa shape index (κ3) is 4.71. The van der Waals surface area contributed by atoms with Crippen molar-refractivity contribution in [2.45, 2.75) is 45.6 Å². The van der Waals surface area contributed by atoms with E-state index in [-0.39, 0.29) is 31.1 Å². The van der Waals surface area contributed by atoms with Crippen LogP contribution >= 0.6 is 22.9 Å². The van der Waals surface area contributed by atoms with Crippen LogP contribution in [-0.4, -0.2) is 38.6 Å². The maximum Gasteiger partial charge on any atom is 0.303 e. The second-order valence-electron chi connectivity index (χ2n) is 6.61. The average molecular weight is 437 g/mol. The number of carbonyl (C=O) groups is 4. The van der Waals surface area contributed by atoms with E-state index in [0.29, 0.717) is 16.3 Å². The van der Waals surface area contributed by atoms with E-state index in [1.165, 1.54) is 18.3 Å². The number of amides is 2. The summed E-state index contributed by atoms with van der Waals surface area (Å²) in [5.41, 5.74) is 2.03. The lowest BCUT2D eigenvalue weighted by Gasteiger charge is -2.26. The Morgan fingerprint density at radius 3 is 2.52 bits per heavy atom. The van der Waals surface area contributed by atoms with Gasteiger partial charge in [0.1, 0.15) is 11.2 Å². The third-order valence-electron chi connectivity index (χ3n) is 4.69. The lowest BCUT2D eigenvalue weighted by Crippen LogP contribution is -2.43. The second-order valence-corrected chi connectivity index (χ2v) is 7.76. The molecule has 9 heteroatoms. The first-order valence-corrected chi connectivity index (χ1v) is 10.2. The van der Waals surface area contributed by atoms with Gasteiger partial charge in [0.15, 0.2) is 0 Å². The molecule has 0 saturated carbocycles. The van der Waals surface area contributed by atoms with Gasteiger partial charge in [0, 0.05) is 16.8 Å². The number of nitrogens with zero attached hydrogens (tertiary/aromatic N) is 2. The number of ketones is 1. The lowest BCUT2D eigenvalue weighted by molar-refractivity contribution is -0.142. The molecule has 1 atom stereocenters. The van der Waals surface area contributed by atoms with Crippen LogP contribution in [0.5, 0.6) is 0 Å². The van der Waals surface area contributed by atoms with Gasteiger partial charge in [-0.25, -0.2) is 4.98 Å². The Morgan fingerprint density at radius 2 is 2.00 bits per heavy atom. The third-order valence-corrected chi connectivity index (χ3v) is 5.56. The number of hydrogen-bond acceptors (Lipinski definition) is 6. The average Bonchev–Trinajstić information content (AvgIpc) is 3.27.